The molecule has 1 aromatic rings. The molecule has 0 fully saturated rings. The van der Waals surface area contributed by atoms with E-state index in [2.05, 4.69) is 0 Å². The Labute approximate surface area is 87.8 Å². The third kappa shape index (κ3) is 3.62. The number of benzene rings is 1. The first-order valence-electron chi connectivity index (χ1n) is 4.25. The summed E-state index contributed by atoms with van der Waals surface area (Å²) in [5.74, 6) is -0.351. The van der Waals surface area contributed by atoms with Crippen LogP contribution in [0.25, 0.3) is 6.08 Å². The van der Waals surface area contributed by atoms with Gasteiger partial charge < -0.3 is 5.11 Å². The van der Waals surface area contributed by atoms with Gasteiger partial charge in [-0.3, -0.25) is 4.79 Å². The number of aliphatic carboxylic acids is 1. The minimum absolute atomic E-state index is 0.0467. The number of carboxylic acid groups (broad SMARTS) is 1. The number of alkyl halides is 1. The van der Waals surface area contributed by atoms with Crippen molar-refractivity contribution in [1.82, 2.24) is 0 Å². The van der Waals surface area contributed by atoms with E-state index in [9.17, 15) is 4.79 Å². The molecule has 0 saturated heterocycles. The third-order valence-electron chi connectivity index (χ3n) is 1.71. The number of hydrogen-bond donors (Lipinski definition) is 1. The average Bonchev–Trinajstić information content (AvgIpc) is 2.18. The number of halogens is 1. The summed E-state index contributed by atoms with van der Waals surface area (Å²) < 4.78 is 0. The van der Waals surface area contributed by atoms with E-state index in [0.717, 1.165) is 11.1 Å². The first-order chi connectivity index (χ1) is 6.72. The topological polar surface area (TPSA) is 37.3 Å². The van der Waals surface area contributed by atoms with Gasteiger partial charge in [0.1, 0.15) is 0 Å². The maximum atomic E-state index is 10.2. The van der Waals surface area contributed by atoms with Crippen LogP contribution in [0.3, 0.4) is 0 Å². The lowest BCUT2D eigenvalue weighted by Gasteiger charge is -1.96. The molecule has 74 valence electrons. The maximum Gasteiger partial charge on any atom is 0.307 e. The van der Waals surface area contributed by atoms with Crippen molar-refractivity contribution in [3.05, 3.63) is 41.5 Å². The Morgan fingerprint density at radius 3 is 2.93 bits per heavy atom. The molecular weight excluding hydrogens is 200 g/mol. The fourth-order valence-electron chi connectivity index (χ4n) is 1.08. The molecule has 0 radical (unpaired) electrons. The van der Waals surface area contributed by atoms with E-state index in [1.165, 1.54) is 0 Å². The van der Waals surface area contributed by atoms with E-state index in [1.54, 1.807) is 12.2 Å². The van der Waals surface area contributed by atoms with Crippen molar-refractivity contribution in [2.24, 2.45) is 0 Å². The number of carboxylic acids is 1. The molecule has 14 heavy (non-hydrogen) atoms. The summed E-state index contributed by atoms with van der Waals surface area (Å²) in [4.78, 5) is 10.2. The van der Waals surface area contributed by atoms with Gasteiger partial charge in [0.2, 0.25) is 0 Å². The Morgan fingerprint density at radius 2 is 2.29 bits per heavy atom. The van der Waals surface area contributed by atoms with Crippen molar-refractivity contribution in [3.8, 4) is 0 Å². The van der Waals surface area contributed by atoms with Gasteiger partial charge in [-0.1, -0.05) is 36.4 Å². The normalized spacial score (nSPS) is 10.6. The monoisotopic (exact) mass is 210 g/mol. The van der Waals surface area contributed by atoms with Gasteiger partial charge in [0.25, 0.3) is 0 Å². The van der Waals surface area contributed by atoms with E-state index >= 15 is 0 Å². The third-order valence-corrected chi connectivity index (χ3v) is 2.02. The lowest BCUT2D eigenvalue weighted by atomic mass is 10.1. The minimum Gasteiger partial charge on any atom is -0.481 e. The molecule has 0 aliphatic rings. The van der Waals surface area contributed by atoms with Crippen LogP contribution in [-0.2, 0) is 10.7 Å². The highest BCUT2D eigenvalue weighted by Gasteiger charge is 1.92. The van der Waals surface area contributed by atoms with Crippen LogP contribution < -0.4 is 0 Å². The summed E-state index contributed by atoms with van der Waals surface area (Å²) in [6, 6.07) is 7.68. The molecule has 0 atom stereocenters. The Balaban J connectivity index is 2.66. The summed E-state index contributed by atoms with van der Waals surface area (Å²) in [6.45, 7) is 0. The van der Waals surface area contributed by atoms with E-state index in [4.69, 9.17) is 16.7 Å². The molecule has 1 aromatic carbocycles. The zero-order valence-electron chi connectivity index (χ0n) is 7.61. The molecule has 0 saturated carbocycles. The van der Waals surface area contributed by atoms with Crippen molar-refractivity contribution in [2.45, 2.75) is 12.3 Å². The van der Waals surface area contributed by atoms with Crippen LogP contribution in [0, 0.1) is 0 Å². The Bertz CT molecular complexity index is 345. The Morgan fingerprint density at radius 1 is 1.50 bits per heavy atom. The predicted molar refractivity (Wildman–Crippen MR) is 57.3 cm³/mol. The molecule has 0 aliphatic heterocycles. The first-order valence-corrected chi connectivity index (χ1v) is 4.79. The van der Waals surface area contributed by atoms with Gasteiger partial charge in [0, 0.05) is 5.88 Å². The highest BCUT2D eigenvalue weighted by atomic mass is 35.5. The molecule has 0 aromatic heterocycles. The van der Waals surface area contributed by atoms with Crippen LogP contribution in [0.1, 0.15) is 17.5 Å². The van der Waals surface area contributed by atoms with E-state index in [-0.39, 0.29) is 6.42 Å². The Hall–Kier alpha value is -1.28. The number of hydrogen-bond acceptors (Lipinski definition) is 1. The lowest BCUT2D eigenvalue weighted by molar-refractivity contribution is -0.135. The molecule has 0 unspecified atom stereocenters. The smallest absolute Gasteiger partial charge is 0.307 e. The van der Waals surface area contributed by atoms with E-state index < -0.39 is 5.97 Å². The lowest BCUT2D eigenvalue weighted by Crippen LogP contribution is -1.89. The number of rotatable bonds is 4. The molecule has 0 heterocycles. The molecule has 0 aliphatic carbocycles. The average molecular weight is 211 g/mol. The van der Waals surface area contributed by atoms with Crippen molar-refractivity contribution >= 4 is 23.6 Å². The quantitative estimate of drug-likeness (QED) is 0.776. The predicted octanol–water partition coefficient (Wildman–Crippen LogP) is 2.91. The minimum atomic E-state index is -0.824. The largest absolute Gasteiger partial charge is 0.481 e. The first kappa shape index (κ1) is 10.8. The highest BCUT2D eigenvalue weighted by Crippen LogP contribution is 2.09. The molecule has 1 N–H and O–H groups in total. The standard InChI is InChI=1S/C11H11ClO2/c12-8-10-5-1-3-9(7-10)4-2-6-11(13)14/h1-5,7H,6,8H2,(H,13,14). The molecule has 3 heteroatoms. The van der Waals surface area contributed by atoms with Gasteiger partial charge in [-0.25, -0.2) is 0 Å². The summed E-state index contributed by atoms with van der Waals surface area (Å²) in [7, 11) is 0. The highest BCUT2D eigenvalue weighted by molar-refractivity contribution is 6.17. The molecule has 0 spiro atoms. The molecule has 1 rings (SSSR count). The van der Waals surface area contributed by atoms with Crippen LogP contribution in [0.4, 0.5) is 0 Å². The van der Waals surface area contributed by atoms with Crippen molar-refractivity contribution in [3.63, 3.8) is 0 Å². The zero-order valence-corrected chi connectivity index (χ0v) is 8.37. The summed E-state index contributed by atoms with van der Waals surface area (Å²) in [6.07, 6.45) is 3.45. The van der Waals surface area contributed by atoms with Crippen LogP contribution in [-0.4, -0.2) is 11.1 Å². The Kier molecular flexibility index (Phi) is 4.20. The van der Waals surface area contributed by atoms with Gasteiger partial charge in [0.05, 0.1) is 6.42 Å². The summed E-state index contributed by atoms with van der Waals surface area (Å²) >= 11 is 5.67. The molecule has 2 nitrogen and oxygen atoms in total. The van der Waals surface area contributed by atoms with Crippen molar-refractivity contribution in [2.75, 3.05) is 0 Å². The van der Waals surface area contributed by atoms with Gasteiger partial charge >= 0.3 is 5.97 Å². The van der Waals surface area contributed by atoms with Crippen molar-refractivity contribution < 1.29 is 9.90 Å². The zero-order chi connectivity index (χ0) is 10.4. The van der Waals surface area contributed by atoms with Gasteiger partial charge in [0.15, 0.2) is 0 Å². The fraction of sp³-hybridized carbons (Fsp3) is 0.182. The van der Waals surface area contributed by atoms with E-state index in [0.29, 0.717) is 5.88 Å². The van der Waals surface area contributed by atoms with Gasteiger partial charge in [-0.05, 0) is 11.1 Å². The maximum absolute atomic E-state index is 10.2. The van der Waals surface area contributed by atoms with Crippen LogP contribution in [0.15, 0.2) is 30.3 Å². The second-order valence-electron chi connectivity index (χ2n) is 2.88. The van der Waals surface area contributed by atoms with Crippen molar-refractivity contribution in [1.29, 1.82) is 0 Å². The summed E-state index contributed by atoms with van der Waals surface area (Å²) in [5, 5.41) is 8.42. The molecule has 0 amide bonds. The second-order valence-corrected chi connectivity index (χ2v) is 3.15. The summed E-state index contributed by atoms with van der Waals surface area (Å²) in [5.41, 5.74) is 2.01. The van der Waals surface area contributed by atoms with Crippen LogP contribution in [0.2, 0.25) is 0 Å². The fourth-order valence-corrected chi connectivity index (χ4v) is 1.24. The van der Waals surface area contributed by atoms with Crippen LogP contribution in [0.5, 0.6) is 0 Å². The SMILES string of the molecule is O=C(O)CC=Cc1cccc(CCl)c1. The van der Waals surface area contributed by atoms with Gasteiger partial charge in [-0.2, -0.15) is 0 Å². The molecular formula is C11H11ClO2. The second kappa shape index (κ2) is 5.45. The van der Waals surface area contributed by atoms with Gasteiger partial charge in [-0.15, -0.1) is 11.6 Å². The number of carbonyl (C=O) groups is 1. The van der Waals surface area contributed by atoms with E-state index in [1.807, 2.05) is 24.3 Å². The molecule has 0 bridgehead atoms. The van der Waals surface area contributed by atoms with Crippen LogP contribution >= 0.6 is 11.6 Å².